The number of benzene rings is 1. The van der Waals surface area contributed by atoms with Crippen LogP contribution in [0.5, 0.6) is 0 Å². The van der Waals surface area contributed by atoms with Gasteiger partial charge in [0.2, 0.25) is 0 Å². The van der Waals surface area contributed by atoms with E-state index in [0.29, 0.717) is 5.69 Å². The highest BCUT2D eigenvalue weighted by Crippen LogP contribution is 2.17. The molecule has 2 aromatic heterocycles. The second-order valence-corrected chi connectivity index (χ2v) is 4.89. The lowest BCUT2D eigenvalue weighted by Gasteiger charge is -2.02. The average Bonchev–Trinajstić information content (AvgIpc) is 2.89. The van der Waals surface area contributed by atoms with Gasteiger partial charge in [-0.05, 0) is 12.1 Å². The van der Waals surface area contributed by atoms with Crippen molar-refractivity contribution in [3.05, 3.63) is 58.9 Å². The van der Waals surface area contributed by atoms with Crippen LogP contribution in [0.4, 0.5) is 8.78 Å². The van der Waals surface area contributed by atoms with E-state index < -0.39 is 23.0 Å². The zero-order chi connectivity index (χ0) is 13.4. The summed E-state index contributed by atoms with van der Waals surface area (Å²) >= 11 is 1.43. The quantitative estimate of drug-likeness (QED) is 0.690. The third-order valence-corrected chi connectivity index (χ3v) is 3.50. The fourth-order valence-electron chi connectivity index (χ4n) is 1.88. The molecule has 19 heavy (non-hydrogen) atoms. The Kier molecular flexibility index (Phi) is 2.87. The van der Waals surface area contributed by atoms with E-state index in [-0.39, 0.29) is 6.42 Å². The van der Waals surface area contributed by atoms with Gasteiger partial charge in [-0.1, -0.05) is 6.07 Å². The van der Waals surface area contributed by atoms with Gasteiger partial charge in [0, 0.05) is 17.8 Å². The minimum absolute atomic E-state index is 0.119. The number of halogens is 2. The van der Waals surface area contributed by atoms with Gasteiger partial charge < -0.3 is 0 Å². The molecule has 0 saturated heterocycles. The number of rotatable bonds is 3. The van der Waals surface area contributed by atoms with Gasteiger partial charge in [-0.15, -0.1) is 11.3 Å². The fraction of sp³-hybridized carbons (Fsp3) is 0.0769. The summed E-state index contributed by atoms with van der Waals surface area (Å²) in [6.45, 7) is 0. The van der Waals surface area contributed by atoms with Crippen LogP contribution in [0.25, 0.3) is 4.96 Å². The average molecular weight is 278 g/mol. The first-order valence-corrected chi connectivity index (χ1v) is 6.41. The number of hydrogen-bond acceptors (Lipinski definition) is 3. The summed E-state index contributed by atoms with van der Waals surface area (Å²) < 4.78 is 28.7. The van der Waals surface area contributed by atoms with E-state index >= 15 is 0 Å². The van der Waals surface area contributed by atoms with Crippen LogP contribution in [-0.4, -0.2) is 15.2 Å². The number of carbonyl (C=O) groups is 1. The van der Waals surface area contributed by atoms with E-state index in [1.54, 1.807) is 10.6 Å². The molecule has 0 aliphatic rings. The first-order valence-electron chi connectivity index (χ1n) is 5.53. The molecule has 0 atom stereocenters. The molecule has 0 radical (unpaired) electrons. The Labute approximate surface area is 111 Å². The summed E-state index contributed by atoms with van der Waals surface area (Å²) in [6, 6.07) is 3.37. The van der Waals surface area contributed by atoms with Crippen LogP contribution in [-0.2, 0) is 6.42 Å². The number of aromatic nitrogens is 2. The van der Waals surface area contributed by atoms with E-state index in [2.05, 4.69) is 4.98 Å². The lowest BCUT2D eigenvalue weighted by atomic mass is 10.1. The molecule has 0 unspecified atom stereocenters. The van der Waals surface area contributed by atoms with Crippen LogP contribution in [0.3, 0.4) is 0 Å². The summed E-state index contributed by atoms with van der Waals surface area (Å²) in [6.07, 6.45) is 3.37. The van der Waals surface area contributed by atoms with Gasteiger partial charge in [-0.25, -0.2) is 13.8 Å². The number of nitrogens with zero attached hydrogens (tertiary/aromatic N) is 2. The van der Waals surface area contributed by atoms with E-state index in [1.807, 2.05) is 11.6 Å². The fourth-order valence-corrected chi connectivity index (χ4v) is 2.60. The lowest BCUT2D eigenvalue weighted by molar-refractivity contribution is 0.0984. The van der Waals surface area contributed by atoms with Gasteiger partial charge in [0.25, 0.3) is 0 Å². The number of ketones is 1. The van der Waals surface area contributed by atoms with Gasteiger partial charge in [-0.3, -0.25) is 9.20 Å². The summed E-state index contributed by atoms with van der Waals surface area (Å²) in [4.78, 5) is 16.9. The maximum Gasteiger partial charge on any atom is 0.193 e. The minimum atomic E-state index is -0.842. The molecule has 0 N–H and O–H groups in total. The Hall–Kier alpha value is -2.08. The van der Waals surface area contributed by atoms with Gasteiger partial charge in [0.15, 0.2) is 10.7 Å². The Balaban J connectivity index is 1.91. The van der Waals surface area contributed by atoms with Gasteiger partial charge in [0.1, 0.15) is 11.6 Å². The van der Waals surface area contributed by atoms with Crippen LogP contribution in [0.2, 0.25) is 0 Å². The van der Waals surface area contributed by atoms with E-state index in [9.17, 15) is 13.6 Å². The third kappa shape index (κ3) is 2.15. The molecule has 3 nitrogen and oxygen atoms in total. The van der Waals surface area contributed by atoms with E-state index in [4.69, 9.17) is 0 Å². The second kappa shape index (κ2) is 4.55. The maximum absolute atomic E-state index is 13.5. The van der Waals surface area contributed by atoms with Crippen LogP contribution in [0.1, 0.15) is 16.1 Å². The third-order valence-electron chi connectivity index (χ3n) is 2.73. The zero-order valence-corrected chi connectivity index (χ0v) is 10.5. The Bertz CT molecular complexity index is 714. The van der Waals surface area contributed by atoms with Crippen molar-refractivity contribution in [3.63, 3.8) is 0 Å². The summed E-state index contributed by atoms with van der Waals surface area (Å²) in [7, 11) is 0. The van der Waals surface area contributed by atoms with Gasteiger partial charge >= 0.3 is 0 Å². The number of imidazole rings is 1. The molecular formula is C13H8F2N2OS. The smallest absolute Gasteiger partial charge is 0.193 e. The largest absolute Gasteiger partial charge is 0.297 e. The number of Topliss-reactive ketones (excluding diaryl/α,β-unsaturated/α-hetero) is 1. The van der Waals surface area contributed by atoms with Crippen molar-refractivity contribution < 1.29 is 13.6 Å². The number of thiazole rings is 1. The first-order chi connectivity index (χ1) is 9.15. The van der Waals surface area contributed by atoms with Crippen LogP contribution in [0, 0.1) is 11.6 Å². The minimum Gasteiger partial charge on any atom is -0.297 e. The number of fused-ring (bicyclic) bond motifs is 1. The highest BCUT2D eigenvalue weighted by molar-refractivity contribution is 7.15. The van der Waals surface area contributed by atoms with E-state index in [1.165, 1.54) is 17.4 Å². The van der Waals surface area contributed by atoms with Gasteiger partial charge in [-0.2, -0.15) is 0 Å². The Morgan fingerprint density at radius 3 is 2.74 bits per heavy atom. The maximum atomic E-state index is 13.5. The molecule has 3 aromatic rings. The molecule has 96 valence electrons. The summed E-state index contributed by atoms with van der Waals surface area (Å²) in [5.74, 6) is -2.29. The lowest BCUT2D eigenvalue weighted by Crippen LogP contribution is -2.09. The molecule has 2 heterocycles. The van der Waals surface area contributed by atoms with Crippen LogP contribution >= 0.6 is 11.3 Å². The van der Waals surface area contributed by atoms with Crippen molar-refractivity contribution in [1.29, 1.82) is 0 Å². The topological polar surface area (TPSA) is 34.4 Å². The highest BCUT2D eigenvalue weighted by atomic mass is 32.1. The molecule has 0 bridgehead atoms. The standard InChI is InChI=1S/C13H8F2N2OS/c14-9-2-1-3-10(15)12(9)11(18)6-8-7-17-4-5-19-13(17)16-8/h1-5,7H,6H2. The molecule has 6 heteroatoms. The SMILES string of the molecule is O=C(Cc1cn2ccsc2n1)c1c(F)cccc1F. The van der Waals surface area contributed by atoms with Gasteiger partial charge in [0.05, 0.1) is 17.7 Å². The first kappa shape index (κ1) is 12.0. The molecule has 0 amide bonds. The predicted molar refractivity (Wildman–Crippen MR) is 67.5 cm³/mol. The van der Waals surface area contributed by atoms with Crippen molar-refractivity contribution in [1.82, 2.24) is 9.38 Å². The van der Waals surface area contributed by atoms with E-state index in [0.717, 1.165) is 17.1 Å². The molecule has 0 aliphatic heterocycles. The molecule has 0 saturated carbocycles. The normalized spacial score (nSPS) is 11.1. The molecule has 0 fully saturated rings. The Morgan fingerprint density at radius 1 is 1.32 bits per heavy atom. The molecule has 3 rings (SSSR count). The monoisotopic (exact) mass is 278 g/mol. The number of carbonyl (C=O) groups excluding carboxylic acids is 1. The highest BCUT2D eigenvalue weighted by Gasteiger charge is 2.18. The summed E-state index contributed by atoms with van der Waals surface area (Å²) in [5.41, 5.74) is -0.00152. The van der Waals surface area contributed by atoms with Crippen molar-refractivity contribution in [2.24, 2.45) is 0 Å². The van der Waals surface area contributed by atoms with Crippen molar-refractivity contribution in [2.45, 2.75) is 6.42 Å². The van der Waals surface area contributed by atoms with Crippen molar-refractivity contribution in [3.8, 4) is 0 Å². The van der Waals surface area contributed by atoms with Crippen LogP contribution in [0.15, 0.2) is 36.0 Å². The zero-order valence-electron chi connectivity index (χ0n) is 9.64. The van der Waals surface area contributed by atoms with Crippen LogP contribution < -0.4 is 0 Å². The van der Waals surface area contributed by atoms with Crippen molar-refractivity contribution >= 4 is 22.1 Å². The molecule has 1 aromatic carbocycles. The predicted octanol–water partition coefficient (Wildman–Crippen LogP) is 3.10. The molecule has 0 aliphatic carbocycles. The Morgan fingerprint density at radius 2 is 2.05 bits per heavy atom. The summed E-state index contributed by atoms with van der Waals surface area (Å²) in [5, 5.41) is 1.87. The molecule has 0 spiro atoms. The molecular weight excluding hydrogens is 270 g/mol. The number of hydrogen-bond donors (Lipinski definition) is 0. The van der Waals surface area contributed by atoms with Crippen molar-refractivity contribution in [2.75, 3.05) is 0 Å². The second-order valence-electron chi connectivity index (χ2n) is 4.02.